The van der Waals surface area contributed by atoms with Gasteiger partial charge in [-0.3, -0.25) is 9.36 Å². The molecule has 1 heterocycles. The summed E-state index contributed by atoms with van der Waals surface area (Å²) in [5.41, 5.74) is -0.458. The summed E-state index contributed by atoms with van der Waals surface area (Å²) in [5, 5.41) is 12.3. The Labute approximate surface area is 169 Å². The fraction of sp³-hybridized carbons (Fsp3) is 0.500. The van der Waals surface area contributed by atoms with E-state index < -0.39 is 17.7 Å². The molecule has 0 saturated carbocycles. The molecule has 1 N–H and O–H groups in total. The van der Waals surface area contributed by atoms with Crippen molar-refractivity contribution in [3.8, 4) is 6.07 Å². The van der Waals surface area contributed by atoms with Crippen molar-refractivity contribution >= 4 is 28.6 Å². The van der Waals surface area contributed by atoms with Crippen LogP contribution in [0.25, 0.3) is 10.9 Å². The van der Waals surface area contributed by atoms with E-state index in [1.165, 1.54) is 4.57 Å². The van der Waals surface area contributed by atoms with Gasteiger partial charge in [0, 0.05) is 13.0 Å². The summed E-state index contributed by atoms with van der Waals surface area (Å²) in [5.74, 6) is 0.422. The minimum atomic E-state index is -0.640. The number of rotatable bonds is 6. The van der Waals surface area contributed by atoms with Gasteiger partial charge in [0.25, 0.3) is 5.56 Å². The zero-order chi connectivity index (χ0) is 20.9. The number of alkyl carbamates (subject to hydrolysis) is 1. The van der Waals surface area contributed by atoms with Gasteiger partial charge in [-0.15, -0.1) is 0 Å². The third kappa shape index (κ3) is 5.23. The van der Waals surface area contributed by atoms with Crippen LogP contribution in [0.5, 0.6) is 0 Å². The lowest BCUT2D eigenvalue weighted by atomic mass is 10.1. The van der Waals surface area contributed by atoms with Crippen molar-refractivity contribution in [2.45, 2.75) is 65.1 Å². The lowest BCUT2D eigenvalue weighted by Crippen LogP contribution is -2.38. The maximum absolute atomic E-state index is 13.1. The van der Waals surface area contributed by atoms with Crippen LogP contribution >= 0.6 is 11.6 Å². The average molecular weight is 405 g/mol. The highest BCUT2D eigenvalue weighted by atomic mass is 35.5. The Balaban J connectivity index is 2.52. The van der Waals surface area contributed by atoms with Crippen LogP contribution in [0.2, 0.25) is 5.02 Å². The van der Waals surface area contributed by atoms with E-state index in [0.717, 1.165) is 0 Å². The molecule has 0 aliphatic carbocycles. The van der Waals surface area contributed by atoms with Crippen LogP contribution in [0.1, 0.15) is 58.8 Å². The number of carbonyl (C=O) groups is 1. The van der Waals surface area contributed by atoms with Crippen LogP contribution in [0.15, 0.2) is 23.0 Å². The third-order valence-electron chi connectivity index (χ3n) is 4.04. The SMILES string of the molecule is CC[C@H](NC(=O)OC(C)(C)C)c1nc2cccc(Cl)c2c(=O)n1CCCC#N. The van der Waals surface area contributed by atoms with Gasteiger partial charge < -0.3 is 10.1 Å². The van der Waals surface area contributed by atoms with Gasteiger partial charge in [-0.1, -0.05) is 24.6 Å². The number of ether oxygens (including phenoxy) is 1. The predicted octanol–water partition coefficient (Wildman–Crippen LogP) is 4.33. The molecule has 0 spiro atoms. The standard InChI is InChI=1S/C20H25ClN4O3/c1-5-14(24-19(27)28-20(2,3)4)17-23-15-10-8-9-13(21)16(15)18(26)25(17)12-7-6-11-22/h8-10,14H,5-7,12H2,1-4H3,(H,24,27)/t14-/m0/s1. The molecular weight excluding hydrogens is 380 g/mol. The number of hydrogen-bond acceptors (Lipinski definition) is 5. The topological polar surface area (TPSA) is 97.0 Å². The number of fused-ring (bicyclic) bond motifs is 1. The number of amides is 1. The molecule has 0 aliphatic rings. The minimum absolute atomic E-state index is 0.284. The maximum Gasteiger partial charge on any atom is 0.408 e. The molecule has 0 fully saturated rings. The van der Waals surface area contributed by atoms with Gasteiger partial charge in [0.2, 0.25) is 0 Å². The number of hydrogen-bond donors (Lipinski definition) is 1. The molecule has 1 aromatic carbocycles. The molecule has 0 aliphatic heterocycles. The average Bonchev–Trinajstić information content (AvgIpc) is 2.60. The fourth-order valence-corrected chi connectivity index (χ4v) is 3.09. The van der Waals surface area contributed by atoms with Gasteiger partial charge in [-0.2, -0.15) is 5.26 Å². The summed E-state index contributed by atoms with van der Waals surface area (Å²) in [6, 6.07) is 6.64. The zero-order valence-corrected chi connectivity index (χ0v) is 17.3. The smallest absolute Gasteiger partial charge is 0.408 e. The second kappa shape index (κ2) is 9.07. The first-order chi connectivity index (χ1) is 13.2. The number of aromatic nitrogens is 2. The maximum atomic E-state index is 13.1. The van der Waals surface area contributed by atoms with Crippen LogP contribution in [-0.4, -0.2) is 21.2 Å². The van der Waals surface area contributed by atoms with Crippen LogP contribution in [0.4, 0.5) is 4.79 Å². The molecule has 2 aromatic rings. The molecule has 1 amide bonds. The molecule has 1 atom stereocenters. The Hall–Kier alpha value is -2.59. The summed E-state index contributed by atoms with van der Waals surface area (Å²) in [4.78, 5) is 30.0. The molecule has 1 aromatic heterocycles. The van der Waals surface area contributed by atoms with Crippen molar-refractivity contribution in [3.05, 3.63) is 39.4 Å². The molecule has 0 unspecified atom stereocenters. The molecule has 150 valence electrons. The van der Waals surface area contributed by atoms with E-state index in [-0.39, 0.29) is 5.56 Å². The lowest BCUT2D eigenvalue weighted by molar-refractivity contribution is 0.0498. The van der Waals surface area contributed by atoms with E-state index in [0.29, 0.717) is 47.6 Å². The number of nitrogens with zero attached hydrogens (tertiary/aromatic N) is 3. The summed E-state index contributed by atoms with van der Waals surface area (Å²) in [6.45, 7) is 7.53. The molecule has 2 rings (SSSR count). The second-order valence-electron chi connectivity index (χ2n) is 7.43. The van der Waals surface area contributed by atoms with Crippen molar-refractivity contribution in [1.82, 2.24) is 14.9 Å². The minimum Gasteiger partial charge on any atom is -0.444 e. The first-order valence-electron chi connectivity index (χ1n) is 9.23. The Bertz CT molecular complexity index is 957. The Morgan fingerprint density at radius 3 is 2.75 bits per heavy atom. The monoisotopic (exact) mass is 404 g/mol. The van der Waals surface area contributed by atoms with E-state index >= 15 is 0 Å². The van der Waals surface area contributed by atoms with Crippen molar-refractivity contribution in [1.29, 1.82) is 5.26 Å². The van der Waals surface area contributed by atoms with E-state index in [2.05, 4.69) is 16.4 Å². The van der Waals surface area contributed by atoms with Crippen molar-refractivity contribution in [2.24, 2.45) is 0 Å². The number of nitrogens with one attached hydrogen (secondary N) is 1. The molecular formula is C20H25ClN4O3. The highest BCUT2D eigenvalue weighted by Gasteiger charge is 2.24. The normalized spacial score (nSPS) is 12.4. The number of nitriles is 1. The summed E-state index contributed by atoms with van der Waals surface area (Å²) >= 11 is 6.22. The second-order valence-corrected chi connectivity index (χ2v) is 7.84. The van der Waals surface area contributed by atoms with Gasteiger partial charge in [0.15, 0.2) is 0 Å². The zero-order valence-electron chi connectivity index (χ0n) is 16.6. The molecule has 8 heteroatoms. The van der Waals surface area contributed by atoms with Crippen LogP contribution in [0.3, 0.4) is 0 Å². The van der Waals surface area contributed by atoms with E-state index in [1.807, 2.05) is 6.92 Å². The highest BCUT2D eigenvalue weighted by Crippen LogP contribution is 2.22. The van der Waals surface area contributed by atoms with Gasteiger partial charge in [-0.05, 0) is 45.7 Å². The number of benzene rings is 1. The Kier molecular flexibility index (Phi) is 7.03. The van der Waals surface area contributed by atoms with Crippen LogP contribution in [0, 0.1) is 11.3 Å². The van der Waals surface area contributed by atoms with E-state index in [1.54, 1.807) is 39.0 Å². The molecule has 28 heavy (non-hydrogen) atoms. The van der Waals surface area contributed by atoms with Gasteiger partial charge in [0.05, 0.1) is 28.0 Å². The first kappa shape index (κ1) is 21.7. The number of unbranched alkanes of at least 4 members (excludes halogenated alkanes) is 1. The molecule has 0 saturated heterocycles. The van der Waals surface area contributed by atoms with Crippen molar-refractivity contribution in [2.75, 3.05) is 0 Å². The van der Waals surface area contributed by atoms with E-state index in [9.17, 15) is 9.59 Å². The largest absolute Gasteiger partial charge is 0.444 e. The van der Waals surface area contributed by atoms with E-state index in [4.69, 9.17) is 21.6 Å². The van der Waals surface area contributed by atoms with Gasteiger partial charge in [-0.25, -0.2) is 9.78 Å². The predicted molar refractivity (Wildman–Crippen MR) is 108 cm³/mol. The Morgan fingerprint density at radius 2 is 2.14 bits per heavy atom. The molecule has 0 bridgehead atoms. The summed E-state index contributed by atoms with van der Waals surface area (Å²) in [6.07, 6.45) is 0.728. The first-order valence-corrected chi connectivity index (χ1v) is 9.61. The molecule has 7 nitrogen and oxygen atoms in total. The fourth-order valence-electron chi connectivity index (χ4n) is 2.84. The third-order valence-corrected chi connectivity index (χ3v) is 4.36. The summed E-state index contributed by atoms with van der Waals surface area (Å²) in [7, 11) is 0. The Morgan fingerprint density at radius 1 is 1.43 bits per heavy atom. The van der Waals surface area contributed by atoms with Gasteiger partial charge in [0.1, 0.15) is 11.4 Å². The quantitative estimate of drug-likeness (QED) is 0.722. The highest BCUT2D eigenvalue weighted by molar-refractivity contribution is 6.35. The lowest BCUT2D eigenvalue weighted by Gasteiger charge is -2.24. The number of carbonyl (C=O) groups excluding carboxylic acids is 1. The molecule has 0 radical (unpaired) electrons. The van der Waals surface area contributed by atoms with Crippen LogP contribution in [-0.2, 0) is 11.3 Å². The van der Waals surface area contributed by atoms with Crippen molar-refractivity contribution < 1.29 is 9.53 Å². The summed E-state index contributed by atoms with van der Waals surface area (Å²) < 4.78 is 6.83. The number of halogens is 1. The van der Waals surface area contributed by atoms with Crippen molar-refractivity contribution in [3.63, 3.8) is 0 Å². The van der Waals surface area contributed by atoms with Gasteiger partial charge >= 0.3 is 6.09 Å². The van der Waals surface area contributed by atoms with Crippen LogP contribution < -0.4 is 10.9 Å².